The van der Waals surface area contributed by atoms with Crippen molar-refractivity contribution in [2.75, 3.05) is 27.3 Å². The average molecular weight is 243 g/mol. The summed E-state index contributed by atoms with van der Waals surface area (Å²) in [7, 11) is 4.17. The van der Waals surface area contributed by atoms with Gasteiger partial charge in [0, 0.05) is 12.1 Å². The van der Waals surface area contributed by atoms with Gasteiger partial charge in [-0.05, 0) is 39.3 Å². The molecular formula is C14H29NO2. The molecule has 0 aliphatic heterocycles. The van der Waals surface area contributed by atoms with Crippen LogP contribution in [0.15, 0.2) is 0 Å². The van der Waals surface area contributed by atoms with E-state index >= 15 is 0 Å². The minimum atomic E-state index is -0.369. The highest BCUT2D eigenvalue weighted by Gasteiger charge is 2.42. The maximum absolute atomic E-state index is 10.5. The number of hydrogen-bond donors (Lipinski definition) is 1. The molecule has 1 aliphatic rings. The number of rotatable bonds is 6. The minimum absolute atomic E-state index is 0.0780. The van der Waals surface area contributed by atoms with Gasteiger partial charge in [0.25, 0.3) is 0 Å². The summed E-state index contributed by atoms with van der Waals surface area (Å²) in [6.07, 6.45) is 5.31. The molecule has 0 bridgehead atoms. The van der Waals surface area contributed by atoms with Crippen molar-refractivity contribution in [1.82, 2.24) is 4.90 Å². The van der Waals surface area contributed by atoms with Crippen molar-refractivity contribution in [3.05, 3.63) is 0 Å². The second kappa shape index (κ2) is 6.72. The molecule has 0 aromatic carbocycles. The zero-order valence-electron chi connectivity index (χ0n) is 11.9. The fourth-order valence-electron chi connectivity index (χ4n) is 3.07. The molecule has 0 amide bonds. The largest absolute Gasteiger partial charge is 0.389 e. The van der Waals surface area contributed by atoms with E-state index in [2.05, 4.69) is 32.8 Å². The van der Waals surface area contributed by atoms with Gasteiger partial charge < -0.3 is 14.7 Å². The highest BCUT2D eigenvalue weighted by atomic mass is 16.5. The van der Waals surface area contributed by atoms with E-state index in [1.165, 1.54) is 12.8 Å². The van der Waals surface area contributed by atoms with Crippen LogP contribution in [0.25, 0.3) is 0 Å². The molecule has 0 saturated heterocycles. The van der Waals surface area contributed by atoms with Crippen LogP contribution in [0.5, 0.6) is 0 Å². The lowest BCUT2D eigenvalue weighted by atomic mass is 9.72. The second-order valence-electron chi connectivity index (χ2n) is 5.79. The number of aliphatic hydroxyl groups excluding tert-OH is 1. The van der Waals surface area contributed by atoms with Gasteiger partial charge in [-0.25, -0.2) is 0 Å². The summed E-state index contributed by atoms with van der Waals surface area (Å²) in [5, 5.41) is 10.5. The van der Waals surface area contributed by atoms with Crippen LogP contribution < -0.4 is 0 Å². The Morgan fingerprint density at radius 1 is 1.47 bits per heavy atom. The van der Waals surface area contributed by atoms with Crippen molar-refractivity contribution in [3.63, 3.8) is 0 Å². The molecule has 3 unspecified atom stereocenters. The molecule has 0 aromatic rings. The third-order valence-electron chi connectivity index (χ3n) is 4.14. The van der Waals surface area contributed by atoms with Crippen LogP contribution in [0.4, 0.5) is 0 Å². The summed E-state index contributed by atoms with van der Waals surface area (Å²) in [5.41, 5.74) is -0.0780. The van der Waals surface area contributed by atoms with Gasteiger partial charge in [0.2, 0.25) is 0 Å². The van der Waals surface area contributed by atoms with Crippen LogP contribution in [-0.4, -0.2) is 49.0 Å². The van der Waals surface area contributed by atoms with E-state index in [1.54, 1.807) is 0 Å². The zero-order chi connectivity index (χ0) is 12.9. The van der Waals surface area contributed by atoms with Crippen molar-refractivity contribution in [2.45, 2.75) is 57.6 Å². The van der Waals surface area contributed by atoms with E-state index in [0.717, 1.165) is 25.9 Å². The Balaban J connectivity index is 2.62. The van der Waals surface area contributed by atoms with Crippen molar-refractivity contribution in [3.8, 4) is 0 Å². The van der Waals surface area contributed by atoms with Gasteiger partial charge in [0.05, 0.1) is 12.7 Å². The normalized spacial score (nSPS) is 31.8. The number of ether oxygens (including phenoxy) is 1. The van der Waals surface area contributed by atoms with Crippen molar-refractivity contribution < 1.29 is 9.84 Å². The maximum Gasteiger partial charge on any atom is 0.0956 e. The van der Waals surface area contributed by atoms with E-state index in [0.29, 0.717) is 12.5 Å². The summed E-state index contributed by atoms with van der Waals surface area (Å²) < 4.78 is 5.53. The Kier molecular flexibility index (Phi) is 5.90. The van der Waals surface area contributed by atoms with Crippen LogP contribution in [0.1, 0.15) is 46.0 Å². The Morgan fingerprint density at radius 3 is 2.71 bits per heavy atom. The highest BCUT2D eigenvalue weighted by molar-refractivity contribution is 4.98. The van der Waals surface area contributed by atoms with Crippen LogP contribution in [0.3, 0.4) is 0 Å². The lowest BCUT2D eigenvalue weighted by molar-refractivity contribution is -0.0809. The summed E-state index contributed by atoms with van der Waals surface area (Å²) >= 11 is 0. The van der Waals surface area contributed by atoms with Gasteiger partial charge in [-0.3, -0.25) is 0 Å². The molecule has 17 heavy (non-hydrogen) atoms. The Labute approximate surface area is 106 Å². The maximum atomic E-state index is 10.5. The van der Waals surface area contributed by atoms with Crippen molar-refractivity contribution in [1.29, 1.82) is 0 Å². The smallest absolute Gasteiger partial charge is 0.0956 e. The van der Waals surface area contributed by atoms with Crippen molar-refractivity contribution >= 4 is 0 Å². The topological polar surface area (TPSA) is 32.7 Å². The van der Waals surface area contributed by atoms with Crippen LogP contribution in [0.2, 0.25) is 0 Å². The monoisotopic (exact) mass is 243 g/mol. The standard InChI is InChI=1S/C14H29NO2/c1-5-9-17-11-13(16)14(15(3)4)8-6-7-12(2)10-14/h12-13,16H,5-11H2,1-4H3. The second-order valence-corrected chi connectivity index (χ2v) is 5.79. The first-order valence-electron chi connectivity index (χ1n) is 6.96. The van der Waals surface area contributed by atoms with Crippen LogP contribution >= 0.6 is 0 Å². The predicted octanol–water partition coefficient (Wildman–Crippen LogP) is 2.28. The van der Waals surface area contributed by atoms with Crippen molar-refractivity contribution in [2.24, 2.45) is 5.92 Å². The van der Waals surface area contributed by atoms with Crippen LogP contribution in [-0.2, 0) is 4.74 Å². The first-order chi connectivity index (χ1) is 8.03. The van der Waals surface area contributed by atoms with Gasteiger partial charge in [0.15, 0.2) is 0 Å². The summed E-state index contributed by atoms with van der Waals surface area (Å²) in [5.74, 6) is 0.701. The highest BCUT2D eigenvalue weighted by Crippen LogP contribution is 2.38. The Bertz CT molecular complexity index is 220. The first-order valence-corrected chi connectivity index (χ1v) is 6.96. The molecule has 0 spiro atoms. The van der Waals surface area contributed by atoms with Crippen LogP contribution in [0, 0.1) is 5.92 Å². The molecule has 0 aromatic heterocycles. The average Bonchev–Trinajstić information content (AvgIpc) is 2.28. The van der Waals surface area contributed by atoms with Gasteiger partial charge in [-0.2, -0.15) is 0 Å². The number of hydrogen-bond acceptors (Lipinski definition) is 3. The molecular weight excluding hydrogens is 214 g/mol. The minimum Gasteiger partial charge on any atom is -0.389 e. The quantitative estimate of drug-likeness (QED) is 0.727. The summed E-state index contributed by atoms with van der Waals surface area (Å²) in [6.45, 7) is 5.60. The van der Waals surface area contributed by atoms with E-state index in [4.69, 9.17) is 4.74 Å². The Hall–Kier alpha value is -0.120. The van der Waals surface area contributed by atoms with E-state index < -0.39 is 0 Å². The van der Waals surface area contributed by atoms with Gasteiger partial charge in [-0.15, -0.1) is 0 Å². The molecule has 1 N–H and O–H groups in total. The fraction of sp³-hybridized carbons (Fsp3) is 1.00. The lowest BCUT2D eigenvalue weighted by Gasteiger charge is -2.48. The molecule has 3 nitrogen and oxygen atoms in total. The molecule has 3 atom stereocenters. The molecule has 0 heterocycles. The lowest BCUT2D eigenvalue weighted by Crippen LogP contribution is -2.57. The van der Waals surface area contributed by atoms with E-state index in [-0.39, 0.29) is 11.6 Å². The fourth-order valence-corrected chi connectivity index (χ4v) is 3.07. The van der Waals surface area contributed by atoms with E-state index in [9.17, 15) is 5.11 Å². The zero-order valence-corrected chi connectivity index (χ0v) is 11.9. The van der Waals surface area contributed by atoms with Gasteiger partial charge in [-0.1, -0.05) is 26.7 Å². The van der Waals surface area contributed by atoms with Gasteiger partial charge >= 0.3 is 0 Å². The summed E-state index contributed by atoms with van der Waals surface area (Å²) in [6, 6.07) is 0. The molecule has 3 heteroatoms. The molecule has 1 fully saturated rings. The third-order valence-corrected chi connectivity index (χ3v) is 4.14. The third kappa shape index (κ3) is 3.67. The predicted molar refractivity (Wildman–Crippen MR) is 71.2 cm³/mol. The molecule has 0 radical (unpaired) electrons. The molecule has 1 saturated carbocycles. The molecule has 1 rings (SSSR count). The van der Waals surface area contributed by atoms with E-state index in [1.807, 2.05) is 0 Å². The summed E-state index contributed by atoms with van der Waals surface area (Å²) in [4.78, 5) is 2.21. The molecule has 102 valence electrons. The number of aliphatic hydroxyl groups is 1. The van der Waals surface area contributed by atoms with Gasteiger partial charge in [0.1, 0.15) is 0 Å². The Morgan fingerprint density at radius 2 is 2.18 bits per heavy atom. The first kappa shape index (κ1) is 14.9. The number of nitrogens with zero attached hydrogens (tertiary/aromatic N) is 1. The SMILES string of the molecule is CCCOCC(O)C1(N(C)C)CCCC(C)C1. The number of likely N-dealkylation sites (N-methyl/N-ethyl adjacent to an activating group) is 1. The molecule has 1 aliphatic carbocycles.